The Kier molecular flexibility index (Phi) is 5.61. The number of esters is 1. The van der Waals surface area contributed by atoms with E-state index in [-0.39, 0.29) is 5.70 Å². The smallest absolute Gasteiger partial charge is 0.363 e. The van der Waals surface area contributed by atoms with E-state index in [2.05, 4.69) is 27.6 Å². The van der Waals surface area contributed by atoms with Gasteiger partial charge in [0, 0.05) is 5.56 Å². The van der Waals surface area contributed by atoms with Gasteiger partial charge in [-0.25, -0.2) is 9.79 Å². The van der Waals surface area contributed by atoms with Crippen LogP contribution in [0.4, 0.5) is 0 Å². The monoisotopic (exact) mass is 463 g/mol. The molecule has 134 valence electrons. The summed E-state index contributed by atoms with van der Waals surface area (Å²) in [5.74, 6) is 1.16. The van der Waals surface area contributed by atoms with E-state index >= 15 is 0 Å². The Labute approximate surface area is 165 Å². The number of hydrogen-bond donors (Lipinski definition) is 0. The fourth-order valence-electron chi connectivity index (χ4n) is 2.60. The van der Waals surface area contributed by atoms with Crippen LogP contribution in [0.1, 0.15) is 23.6 Å². The van der Waals surface area contributed by atoms with Crippen molar-refractivity contribution in [3.8, 4) is 11.5 Å². The average molecular weight is 463 g/mol. The number of rotatable bonds is 5. The molecule has 1 aliphatic heterocycles. The van der Waals surface area contributed by atoms with Crippen molar-refractivity contribution in [2.24, 2.45) is 4.99 Å². The molecule has 2 aromatic rings. The number of nitrogens with zero attached hydrogens (tertiary/aromatic N) is 1. The Balaban J connectivity index is 1.98. The lowest BCUT2D eigenvalue weighted by Gasteiger charge is -2.12. The minimum Gasteiger partial charge on any atom is -0.493 e. The number of aliphatic imine (C=N–C) groups is 1. The highest BCUT2D eigenvalue weighted by Crippen LogP contribution is 2.35. The van der Waals surface area contributed by atoms with E-state index < -0.39 is 5.97 Å². The van der Waals surface area contributed by atoms with Crippen LogP contribution in [0.2, 0.25) is 0 Å². The molecule has 0 radical (unpaired) electrons. The summed E-state index contributed by atoms with van der Waals surface area (Å²) in [7, 11) is 1.59. The van der Waals surface area contributed by atoms with Gasteiger partial charge in [0.15, 0.2) is 17.2 Å². The number of halogens is 1. The van der Waals surface area contributed by atoms with Crippen molar-refractivity contribution in [2.75, 3.05) is 13.7 Å². The number of cyclic esters (lactones) is 1. The predicted molar refractivity (Wildman–Crippen MR) is 109 cm³/mol. The third-order valence-electron chi connectivity index (χ3n) is 3.84. The molecule has 5 nitrogen and oxygen atoms in total. The van der Waals surface area contributed by atoms with Gasteiger partial charge in [0.1, 0.15) is 0 Å². The molecule has 0 aromatic heterocycles. The van der Waals surface area contributed by atoms with Gasteiger partial charge in [-0.2, -0.15) is 0 Å². The average Bonchev–Trinajstić information content (AvgIpc) is 2.98. The molecule has 0 spiro atoms. The quantitative estimate of drug-likeness (QED) is 0.376. The summed E-state index contributed by atoms with van der Waals surface area (Å²) < 4.78 is 17.3. The van der Waals surface area contributed by atoms with Gasteiger partial charge in [0.2, 0.25) is 5.90 Å². The number of hydrogen-bond acceptors (Lipinski definition) is 5. The molecular weight excluding hydrogens is 445 g/mol. The standard InChI is InChI=1S/C20H18INO4/c1-4-25-18-15(21)9-13(11-17(18)24-3)10-16-20(23)26-19(22-16)14-8-6-5-7-12(14)2/h5-11H,4H2,1-3H3. The van der Waals surface area contributed by atoms with E-state index in [4.69, 9.17) is 14.2 Å². The first-order chi connectivity index (χ1) is 12.5. The second kappa shape index (κ2) is 7.90. The molecular formula is C20H18INO4. The number of carbonyl (C=O) groups excluding carboxylic acids is 1. The number of carbonyl (C=O) groups is 1. The van der Waals surface area contributed by atoms with Crippen molar-refractivity contribution in [1.29, 1.82) is 0 Å². The Morgan fingerprint density at radius 2 is 2.04 bits per heavy atom. The SMILES string of the molecule is CCOc1c(I)cc(C=C2N=C(c3ccccc3C)OC2=O)cc1OC. The third-order valence-corrected chi connectivity index (χ3v) is 4.64. The Morgan fingerprint density at radius 3 is 2.73 bits per heavy atom. The number of aryl methyl sites for hydroxylation is 1. The van der Waals surface area contributed by atoms with Crippen molar-refractivity contribution in [2.45, 2.75) is 13.8 Å². The first-order valence-corrected chi connectivity index (χ1v) is 9.20. The minimum absolute atomic E-state index is 0.255. The molecule has 1 aliphatic rings. The van der Waals surface area contributed by atoms with E-state index in [0.717, 1.165) is 20.3 Å². The Bertz CT molecular complexity index is 918. The van der Waals surface area contributed by atoms with Crippen molar-refractivity contribution >= 4 is 40.5 Å². The van der Waals surface area contributed by atoms with E-state index in [1.807, 2.05) is 50.2 Å². The van der Waals surface area contributed by atoms with Crippen molar-refractivity contribution in [3.63, 3.8) is 0 Å². The van der Waals surface area contributed by atoms with Crippen LogP contribution >= 0.6 is 22.6 Å². The summed E-state index contributed by atoms with van der Waals surface area (Å²) in [6.45, 7) is 4.41. The molecule has 3 rings (SSSR count). The zero-order chi connectivity index (χ0) is 18.7. The number of methoxy groups -OCH3 is 1. The van der Waals surface area contributed by atoms with Crippen LogP contribution in [-0.4, -0.2) is 25.6 Å². The summed E-state index contributed by atoms with van der Waals surface area (Å²) >= 11 is 2.18. The van der Waals surface area contributed by atoms with Gasteiger partial charge in [-0.15, -0.1) is 0 Å². The zero-order valence-corrected chi connectivity index (χ0v) is 16.9. The van der Waals surface area contributed by atoms with Gasteiger partial charge in [-0.3, -0.25) is 0 Å². The van der Waals surface area contributed by atoms with Crippen molar-refractivity contribution < 1.29 is 19.0 Å². The van der Waals surface area contributed by atoms with Gasteiger partial charge >= 0.3 is 5.97 Å². The minimum atomic E-state index is -0.467. The fraction of sp³-hybridized carbons (Fsp3) is 0.200. The lowest BCUT2D eigenvalue weighted by molar-refractivity contribution is -0.129. The van der Waals surface area contributed by atoms with Crippen LogP contribution in [0.3, 0.4) is 0 Å². The molecule has 0 unspecified atom stereocenters. The predicted octanol–water partition coefficient (Wildman–Crippen LogP) is 4.35. The largest absolute Gasteiger partial charge is 0.493 e. The van der Waals surface area contributed by atoms with Crippen molar-refractivity contribution in [3.05, 3.63) is 62.4 Å². The molecule has 0 N–H and O–H groups in total. The summed E-state index contributed by atoms with van der Waals surface area (Å²) in [6, 6.07) is 11.4. The van der Waals surface area contributed by atoms with Crippen LogP contribution in [0.5, 0.6) is 11.5 Å². The molecule has 0 aliphatic carbocycles. The Hall–Kier alpha value is -2.35. The van der Waals surface area contributed by atoms with Crippen LogP contribution in [0.25, 0.3) is 6.08 Å². The second-order valence-corrected chi connectivity index (χ2v) is 6.78. The number of ether oxygens (including phenoxy) is 3. The summed E-state index contributed by atoms with van der Waals surface area (Å²) in [4.78, 5) is 16.6. The van der Waals surface area contributed by atoms with E-state index in [9.17, 15) is 4.79 Å². The van der Waals surface area contributed by atoms with Crippen LogP contribution in [0, 0.1) is 10.5 Å². The first kappa shape index (κ1) is 18.4. The van der Waals surface area contributed by atoms with E-state index in [1.165, 1.54) is 0 Å². The second-order valence-electron chi connectivity index (χ2n) is 5.62. The first-order valence-electron chi connectivity index (χ1n) is 8.12. The molecule has 6 heteroatoms. The zero-order valence-electron chi connectivity index (χ0n) is 14.7. The maximum Gasteiger partial charge on any atom is 0.363 e. The molecule has 0 fully saturated rings. The fourth-order valence-corrected chi connectivity index (χ4v) is 3.38. The van der Waals surface area contributed by atoms with Gasteiger partial charge < -0.3 is 14.2 Å². The van der Waals surface area contributed by atoms with E-state index in [0.29, 0.717) is 24.0 Å². The molecule has 0 bridgehead atoms. The maximum absolute atomic E-state index is 12.2. The highest BCUT2D eigenvalue weighted by Gasteiger charge is 2.25. The van der Waals surface area contributed by atoms with Gasteiger partial charge in [-0.1, -0.05) is 18.2 Å². The molecule has 2 aromatic carbocycles. The van der Waals surface area contributed by atoms with Gasteiger partial charge in [0.05, 0.1) is 17.3 Å². The van der Waals surface area contributed by atoms with Gasteiger partial charge in [0.25, 0.3) is 0 Å². The molecule has 26 heavy (non-hydrogen) atoms. The Morgan fingerprint density at radius 1 is 1.27 bits per heavy atom. The molecule has 0 saturated heterocycles. The highest BCUT2D eigenvalue weighted by molar-refractivity contribution is 14.1. The lowest BCUT2D eigenvalue weighted by Crippen LogP contribution is -2.06. The highest BCUT2D eigenvalue weighted by atomic mass is 127. The number of benzene rings is 2. The normalized spacial score (nSPS) is 15.0. The molecule has 0 atom stereocenters. The van der Waals surface area contributed by atoms with Gasteiger partial charge in [-0.05, 0) is 71.8 Å². The topological polar surface area (TPSA) is 57.1 Å². The van der Waals surface area contributed by atoms with Crippen molar-refractivity contribution in [1.82, 2.24) is 0 Å². The summed E-state index contributed by atoms with van der Waals surface area (Å²) in [5.41, 5.74) is 2.85. The lowest BCUT2D eigenvalue weighted by atomic mass is 10.1. The van der Waals surface area contributed by atoms with Crippen LogP contribution in [0.15, 0.2) is 47.1 Å². The summed E-state index contributed by atoms with van der Waals surface area (Å²) in [5, 5.41) is 0. The van der Waals surface area contributed by atoms with Crippen LogP contribution in [-0.2, 0) is 9.53 Å². The molecule has 1 heterocycles. The summed E-state index contributed by atoms with van der Waals surface area (Å²) in [6.07, 6.45) is 1.69. The molecule has 0 saturated carbocycles. The third kappa shape index (κ3) is 3.75. The maximum atomic E-state index is 12.2. The van der Waals surface area contributed by atoms with E-state index in [1.54, 1.807) is 13.2 Å². The van der Waals surface area contributed by atoms with Crippen LogP contribution < -0.4 is 9.47 Å². The molecule has 0 amide bonds.